The van der Waals surface area contributed by atoms with E-state index in [-0.39, 0.29) is 6.04 Å². The fourth-order valence-electron chi connectivity index (χ4n) is 1.74. The molecular formula is C8H12N4O. The number of carbonyl (C=O) groups is 1. The van der Waals surface area contributed by atoms with Gasteiger partial charge in [-0.2, -0.15) is 5.10 Å². The fourth-order valence-corrected chi connectivity index (χ4v) is 1.74. The van der Waals surface area contributed by atoms with Crippen LogP contribution in [0, 0.1) is 0 Å². The molecule has 2 heterocycles. The number of aryl methyl sites for hydroxylation is 1. The molecule has 0 spiro atoms. The third kappa shape index (κ3) is 1.49. The standard InChI is InChI=1S/C8H12N4O/c9-8(13)11-6-2-1-5-12-7(6)3-4-10-12/h3-4,6H,1-2,5H2,(H3,9,11,13). The second kappa shape index (κ2) is 3.08. The molecule has 2 amide bonds. The third-order valence-corrected chi connectivity index (χ3v) is 2.29. The van der Waals surface area contributed by atoms with Crippen LogP contribution in [0.15, 0.2) is 12.3 Å². The van der Waals surface area contributed by atoms with Crippen molar-refractivity contribution in [1.82, 2.24) is 15.1 Å². The highest BCUT2D eigenvalue weighted by atomic mass is 16.2. The first-order chi connectivity index (χ1) is 6.27. The molecule has 0 saturated heterocycles. The van der Waals surface area contributed by atoms with Crippen LogP contribution in [0.4, 0.5) is 4.79 Å². The van der Waals surface area contributed by atoms with E-state index in [0.29, 0.717) is 0 Å². The fraction of sp³-hybridized carbons (Fsp3) is 0.500. The van der Waals surface area contributed by atoms with Crippen LogP contribution in [0.25, 0.3) is 0 Å². The van der Waals surface area contributed by atoms with Gasteiger partial charge >= 0.3 is 6.03 Å². The Bertz CT molecular complexity index is 320. The number of primary amides is 1. The van der Waals surface area contributed by atoms with E-state index in [9.17, 15) is 4.79 Å². The first-order valence-corrected chi connectivity index (χ1v) is 4.35. The smallest absolute Gasteiger partial charge is 0.312 e. The summed E-state index contributed by atoms with van der Waals surface area (Å²) in [6, 6.07) is 1.48. The molecule has 70 valence electrons. The SMILES string of the molecule is NC(=O)NC1CCCn2nccc21. The minimum atomic E-state index is -0.473. The highest BCUT2D eigenvalue weighted by molar-refractivity contribution is 5.72. The molecule has 1 atom stereocenters. The summed E-state index contributed by atoms with van der Waals surface area (Å²) in [6.45, 7) is 0.930. The molecule has 2 rings (SSSR count). The molecule has 0 aliphatic carbocycles. The van der Waals surface area contributed by atoms with Gasteiger partial charge in [0.15, 0.2) is 0 Å². The van der Waals surface area contributed by atoms with Crippen molar-refractivity contribution in [2.24, 2.45) is 5.73 Å². The summed E-state index contributed by atoms with van der Waals surface area (Å²) < 4.78 is 1.91. The van der Waals surface area contributed by atoms with E-state index in [1.807, 2.05) is 10.7 Å². The lowest BCUT2D eigenvalue weighted by Gasteiger charge is -2.23. The maximum Gasteiger partial charge on any atom is 0.312 e. The van der Waals surface area contributed by atoms with Crippen molar-refractivity contribution in [1.29, 1.82) is 0 Å². The first kappa shape index (κ1) is 8.10. The number of fused-ring (bicyclic) bond motifs is 1. The number of nitrogens with two attached hydrogens (primary N) is 1. The molecule has 5 heteroatoms. The van der Waals surface area contributed by atoms with Crippen LogP contribution in [0.3, 0.4) is 0 Å². The van der Waals surface area contributed by atoms with Crippen LogP contribution in [-0.2, 0) is 6.54 Å². The van der Waals surface area contributed by atoms with Crippen LogP contribution in [0.1, 0.15) is 24.6 Å². The average molecular weight is 180 g/mol. The van der Waals surface area contributed by atoms with Gasteiger partial charge in [0, 0.05) is 12.7 Å². The summed E-state index contributed by atoms with van der Waals surface area (Å²) in [5, 5.41) is 6.84. The van der Waals surface area contributed by atoms with Gasteiger partial charge in [-0.25, -0.2) is 4.79 Å². The van der Waals surface area contributed by atoms with Crippen molar-refractivity contribution >= 4 is 6.03 Å². The molecule has 0 bridgehead atoms. The molecule has 13 heavy (non-hydrogen) atoms. The minimum absolute atomic E-state index is 0.0359. The second-order valence-corrected chi connectivity index (χ2v) is 3.18. The zero-order chi connectivity index (χ0) is 9.26. The number of nitrogens with zero attached hydrogens (tertiary/aromatic N) is 2. The van der Waals surface area contributed by atoms with Crippen molar-refractivity contribution in [3.8, 4) is 0 Å². The van der Waals surface area contributed by atoms with Crippen molar-refractivity contribution in [3.05, 3.63) is 18.0 Å². The van der Waals surface area contributed by atoms with Gasteiger partial charge < -0.3 is 11.1 Å². The van der Waals surface area contributed by atoms with Crippen LogP contribution in [0.2, 0.25) is 0 Å². The lowest BCUT2D eigenvalue weighted by molar-refractivity contribution is 0.241. The Hall–Kier alpha value is -1.52. The highest BCUT2D eigenvalue weighted by Crippen LogP contribution is 2.23. The van der Waals surface area contributed by atoms with E-state index in [4.69, 9.17) is 5.73 Å². The zero-order valence-electron chi connectivity index (χ0n) is 7.23. The van der Waals surface area contributed by atoms with Crippen molar-refractivity contribution in [2.75, 3.05) is 0 Å². The number of aromatic nitrogens is 2. The number of nitrogens with one attached hydrogen (secondary N) is 1. The number of hydrogen-bond donors (Lipinski definition) is 2. The molecule has 0 fully saturated rings. The summed E-state index contributed by atoms with van der Waals surface area (Å²) >= 11 is 0. The monoisotopic (exact) mass is 180 g/mol. The van der Waals surface area contributed by atoms with E-state index < -0.39 is 6.03 Å². The number of hydrogen-bond acceptors (Lipinski definition) is 2. The van der Waals surface area contributed by atoms with E-state index in [0.717, 1.165) is 25.1 Å². The van der Waals surface area contributed by atoms with E-state index in [2.05, 4.69) is 10.4 Å². The molecular weight excluding hydrogens is 168 g/mol. The van der Waals surface area contributed by atoms with E-state index in [1.54, 1.807) is 6.20 Å². The Kier molecular flexibility index (Phi) is 1.92. The summed E-state index contributed by atoms with van der Waals surface area (Å²) in [7, 11) is 0. The number of urea groups is 1. The highest BCUT2D eigenvalue weighted by Gasteiger charge is 2.20. The minimum Gasteiger partial charge on any atom is -0.352 e. The predicted molar refractivity (Wildman–Crippen MR) is 46.9 cm³/mol. The second-order valence-electron chi connectivity index (χ2n) is 3.18. The lowest BCUT2D eigenvalue weighted by Crippen LogP contribution is -2.36. The van der Waals surface area contributed by atoms with Crippen LogP contribution >= 0.6 is 0 Å². The lowest BCUT2D eigenvalue weighted by atomic mass is 10.0. The van der Waals surface area contributed by atoms with Gasteiger partial charge in [-0.3, -0.25) is 4.68 Å². The van der Waals surface area contributed by atoms with Gasteiger partial charge in [0.1, 0.15) is 0 Å². The number of carbonyl (C=O) groups excluding carboxylic acids is 1. The van der Waals surface area contributed by atoms with E-state index >= 15 is 0 Å². The topological polar surface area (TPSA) is 72.9 Å². The summed E-state index contributed by atoms with van der Waals surface area (Å²) in [6.07, 6.45) is 3.71. The van der Waals surface area contributed by atoms with Gasteiger partial charge in [0.25, 0.3) is 0 Å². The number of rotatable bonds is 1. The van der Waals surface area contributed by atoms with Gasteiger partial charge in [0.2, 0.25) is 0 Å². The third-order valence-electron chi connectivity index (χ3n) is 2.29. The molecule has 5 nitrogen and oxygen atoms in total. The Labute approximate surface area is 75.9 Å². The first-order valence-electron chi connectivity index (χ1n) is 4.35. The Morgan fingerprint density at radius 1 is 1.77 bits per heavy atom. The van der Waals surface area contributed by atoms with Crippen molar-refractivity contribution in [2.45, 2.75) is 25.4 Å². The van der Waals surface area contributed by atoms with E-state index in [1.165, 1.54) is 0 Å². The molecule has 1 unspecified atom stereocenters. The van der Waals surface area contributed by atoms with Crippen molar-refractivity contribution < 1.29 is 4.79 Å². The molecule has 0 saturated carbocycles. The summed E-state index contributed by atoms with van der Waals surface area (Å²) in [4.78, 5) is 10.7. The number of amides is 2. The van der Waals surface area contributed by atoms with Crippen LogP contribution in [-0.4, -0.2) is 15.8 Å². The van der Waals surface area contributed by atoms with Gasteiger partial charge in [-0.1, -0.05) is 0 Å². The van der Waals surface area contributed by atoms with Crippen LogP contribution < -0.4 is 11.1 Å². The van der Waals surface area contributed by atoms with Crippen molar-refractivity contribution in [3.63, 3.8) is 0 Å². The Balaban J connectivity index is 2.20. The van der Waals surface area contributed by atoms with Gasteiger partial charge in [0.05, 0.1) is 11.7 Å². The maximum atomic E-state index is 10.7. The maximum absolute atomic E-state index is 10.7. The molecule has 3 N–H and O–H groups in total. The largest absolute Gasteiger partial charge is 0.352 e. The van der Waals surface area contributed by atoms with Gasteiger partial charge in [-0.05, 0) is 18.9 Å². The normalized spacial score (nSPS) is 20.8. The molecule has 0 radical (unpaired) electrons. The molecule has 0 aromatic carbocycles. The van der Waals surface area contributed by atoms with Gasteiger partial charge in [-0.15, -0.1) is 0 Å². The molecule has 1 aliphatic heterocycles. The Morgan fingerprint density at radius 2 is 2.62 bits per heavy atom. The zero-order valence-corrected chi connectivity index (χ0v) is 7.23. The molecule has 1 aliphatic rings. The molecule has 1 aromatic rings. The quantitative estimate of drug-likeness (QED) is 0.656. The summed E-state index contributed by atoms with van der Waals surface area (Å²) in [5.74, 6) is 0. The predicted octanol–water partition coefficient (Wildman–Crippen LogP) is 0.386. The molecule has 1 aromatic heterocycles. The summed E-state index contributed by atoms with van der Waals surface area (Å²) in [5.41, 5.74) is 6.12. The van der Waals surface area contributed by atoms with Crippen LogP contribution in [0.5, 0.6) is 0 Å². The Morgan fingerprint density at radius 3 is 3.38 bits per heavy atom. The average Bonchev–Trinajstić information content (AvgIpc) is 2.51.